The van der Waals surface area contributed by atoms with Crippen molar-refractivity contribution in [1.82, 2.24) is 25.4 Å². The van der Waals surface area contributed by atoms with Crippen LogP contribution in [-0.2, 0) is 14.4 Å². The molecule has 1 aromatic carbocycles. The lowest BCUT2D eigenvalue weighted by molar-refractivity contribution is -0.141. The van der Waals surface area contributed by atoms with Gasteiger partial charge in [-0.25, -0.2) is 0 Å². The van der Waals surface area contributed by atoms with Crippen molar-refractivity contribution >= 4 is 28.5 Å². The van der Waals surface area contributed by atoms with Crippen LogP contribution in [0, 0.1) is 5.92 Å². The predicted molar refractivity (Wildman–Crippen MR) is 146 cm³/mol. The van der Waals surface area contributed by atoms with Gasteiger partial charge in [-0.3, -0.25) is 24.7 Å². The van der Waals surface area contributed by atoms with Gasteiger partial charge in [-0.2, -0.15) is 0 Å². The van der Waals surface area contributed by atoms with Crippen molar-refractivity contribution in [3.8, 4) is 0 Å². The van der Waals surface area contributed by atoms with Crippen LogP contribution in [0.3, 0.4) is 0 Å². The van der Waals surface area contributed by atoms with Gasteiger partial charge in [0.2, 0.25) is 17.7 Å². The average Bonchev–Trinajstić information content (AvgIpc) is 3.40. The first-order chi connectivity index (χ1) is 18.5. The van der Waals surface area contributed by atoms with Crippen molar-refractivity contribution in [1.29, 1.82) is 0 Å². The Morgan fingerprint density at radius 1 is 0.974 bits per heavy atom. The molecule has 2 aliphatic heterocycles. The molecule has 3 heterocycles. The van der Waals surface area contributed by atoms with Crippen molar-refractivity contribution in [2.45, 2.75) is 76.0 Å². The zero-order valence-corrected chi connectivity index (χ0v) is 22.1. The molecular formula is C29H40N6O3. The Morgan fingerprint density at radius 3 is 2.55 bits per heavy atom. The molecule has 1 aromatic heterocycles. The zero-order chi connectivity index (χ0) is 26.5. The number of likely N-dealkylation sites (tertiary alicyclic amines) is 2. The van der Waals surface area contributed by atoms with Gasteiger partial charge in [-0.05, 0) is 54.7 Å². The van der Waals surface area contributed by atoms with Gasteiger partial charge < -0.3 is 20.9 Å². The van der Waals surface area contributed by atoms with E-state index in [1.165, 1.54) is 19.3 Å². The van der Waals surface area contributed by atoms with E-state index in [0.717, 1.165) is 55.1 Å². The number of rotatable bonds is 9. The van der Waals surface area contributed by atoms with Gasteiger partial charge in [0.15, 0.2) is 0 Å². The smallest absolute Gasteiger partial charge is 0.244 e. The summed E-state index contributed by atoms with van der Waals surface area (Å²) in [7, 11) is 0. The number of amides is 3. The van der Waals surface area contributed by atoms with Crippen LogP contribution < -0.4 is 16.4 Å². The van der Waals surface area contributed by atoms with Crippen LogP contribution in [0.15, 0.2) is 36.7 Å². The second kappa shape index (κ2) is 12.2. The minimum absolute atomic E-state index is 0.0468. The monoisotopic (exact) mass is 520 g/mol. The van der Waals surface area contributed by atoms with E-state index in [0.29, 0.717) is 25.3 Å². The summed E-state index contributed by atoms with van der Waals surface area (Å²) < 4.78 is 0. The van der Waals surface area contributed by atoms with E-state index < -0.39 is 18.2 Å². The molecule has 3 amide bonds. The number of hydrogen-bond acceptors (Lipinski definition) is 6. The Morgan fingerprint density at radius 2 is 1.79 bits per heavy atom. The molecule has 38 heavy (non-hydrogen) atoms. The second-order valence-electron chi connectivity index (χ2n) is 11.1. The minimum Gasteiger partial charge on any atom is -0.341 e. The lowest BCUT2D eigenvalue weighted by Crippen LogP contribution is -2.55. The predicted octanol–water partition coefficient (Wildman–Crippen LogP) is 2.46. The van der Waals surface area contributed by atoms with E-state index in [1.54, 1.807) is 17.3 Å². The van der Waals surface area contributed by atoms with Crippen LogP contribution in [0.25, 0.3) is 10.8 Å². The third-order valence-corrected chi connectivity index (χ3v) is 8.46. The summed E-state index contributed by atoms with van der Waals surface area (Å²) >= 11 is 0. The van der Waals surface area contributed by atoms with Gasteiger partial charge >= 0.3 is 0 Å². The van der Waals surface area contributed by atoms with Crippen molar-refractivity contribution < 1.29 is 14.4 Å². The maximum Gasteiger partial charge on any atom is 0.244 e. The highest BCUT2D eigenvalue weighted by Gasteiger charge is 2.38. The highest BCUT2D eigenvalue weighted by Crippen LogP contribution is 2.29. The SMILES string of the molecule is NC(NC(=O)[C@@H]1CCCN1C(=O)[C@@H](CC1CCCCC1)NCC(=O)N1CCC1)c1ccc2cnccc2c1. The standard InChI is InChI=1S/C29H40N6O3/c30-27(22-9-10-23-18-31-12-11-21(23)17-22)33-28(37)25-8-4-15-35(25)29(38)24(16-20-6-2-1-3-7-20)32-19-26(36)34-13-5-14-34/h9-12,17-18,20,24-25,27,32H,1-8,13-16,19,30H2,(H,33,37)/t24-,25+,27?/m1/s1. The molecule has 2 saturated heterocycles. The maximum atomic E-state index is 13.8. The van der Waals surface area contributed by atoms with Crippen LogP contribution in [-0.4, -0.2) is 70.8 Å². The molecule has 5 rings (SSSR count). The number of nitrogens with two attached hydrogens (primary N) is 1. The van der Waals surface area contributed by atoms with Crippen molar-refractivity contribution in [2.24, 2.45) is 11.7 Å². The molecule has 3 atom stereocenters. The Kier molecular flexibility index (Phi) is 8.54. The fraction of sp³-hybridized carbons (Fsp3) is 0.586. The van der Waals surface area contributed by atoms with E-state index in [-0.39, 0.29) is 24.3 Å². The number of pyridine rings is 1. The molecule has 204 valence electrons. The molecule has 1 unspecified atom stereocenters. The van der Waals surface area contributed by atoms with E-state index in [4.69, 9.17) is 5.73 Å². The number of aromatic nitrogens is 1. The molecule has 2 aromatic rings. The number of fused-ring (bicyclic) bond motifs is 1. The van der Waals surface area contributed by atoms with Crippen molar-refractivity contribution in [3.05, 3.63) is 42.2 Å². The summed E-state index contributed by atoms with van der Waals surface area (Å²) in [4.78, 5) is 47.4. The first-order valence-electron chi connectivity index (χ1n) is 14.2. The molecule has 0 radical (unpaired) electrons. The highest BCUT2D eigenvalue weighted by molar-refractivity contribution is 5.91. The number of carbonyl (C=O) groups is 3. The average molecular weight is 521 g/mol. The highest BCUT2D eigenvalue weighted by atomic mass is 16.2. The second-order valence-corrected chi connectivity index (χ2v) is 11.1. The minimum atomic E-state index is -0.678. The van der Waals surface area contributed by atoms with Gasteiger partial charge in [0.1, 0.15) is 12.2 Å². The molecule has 1 saturated carbocycles. The molecule has 0 bridgehead atoms. The Bertz CT molecular complexity index is 1150. The third-order valence-electron chi connectivity index (χ3n) is 8.46. The summed E-state index contributed by atoms with van der Waals surface area (Å²) in [6.45, 7) is 2.29. The Labute approximate surface area is 224 Å². The van der Waals surface area contributed by atoms with Crippen LogP contribution in [0.2, 0.25) is 0 Å². The van der Waals surface area contributed by atoms with E-state index in [1.807, 2.05) is 29.2 Å². The van der Waals surface area contributed by atoms with E-state index in [9.17, 15) is 14.4 Å². The maximum absolute atomic E-state index is 13.8. The topological polar surface area (TPSA) is 121 Å². The summed E-state index contributed by atoms with van der Waals surface area (Å²) in [5.74, 6) is 0.212. The first-order valence-corrected chi connectivity index (χ1v) is 14.2. The van der Waals surface area contributed by atoms with Crippen molar-refractivity contribution in [2.75, 3.05) is 26.2 Å². The molecule has 3 fully saturated rings. The normalized spacial score (nSPS) is 21.7. The van der Waals surface area contributed by atoms with E-state index >= 15 is 0 Å². The number of nitrogens with one attached hydrogen (secondary N) is 2. The van der Waals surface area contributed by atoms with Crippen molar-refractivity contribution in [3.63, 3.8) is 0 Å². The van der Waals surface area contributed by atoms with Gasteiger partial charge in [-0.1, -0.05) is 44.2 Å². The number of nitrogens with zero attached hydrogens (tertiary/aromatic N) is 3. The number of hydrogen-bond donors (Lipinski definition) is 3. The number of benzene rings is 1. The molecule has 3 aliphatic rings. The van der Waals surface area contributed by atoms with Crippen LogP contribution in [0.4, 0.5) is 0 Å². The first kappa shape index (κ1) is 26.6. The fourth-order valence-corrected chi connectivity index (χ4v) is 6.05. The van der Waals surface area contributed by atoms with E-state index in [2.05, 4.69) is 15.6 Å². The van der Waals surface area contributed by atoms with Gasteiger partial charge in [0.05, 0.1) is 12.6 Å². The Hall–Kier alpha value is -3.04. The lowest BCUT2D eigenvalue weighted by atomic mass is 9.84. The molecule has 0 spiro atoms. The largest absolute Gasteiger partial charge is 0.341 e. The van der Waals surface area contributed by atoms with Gasteiger partial charge in [0, 0.05) is 37.4 Å². The van der Waals surface area contributed by atoms with Gasteiger partial charge in [-0.15, -0.1) is 0 Å². The summed E-state index contributed by atoms with van der Waals surface area (Å²) in [6, 6.07) is 6.69. The third kappa shape index (κ3) is 6.15. The summed E-state index contributed by atoms with van der Waals surface area (Å²) in [5, 5.41) is 8.24. The zero-order valence-electron chi connectivity index (χ0n) is 22.1. The molecule has 1 aliphatic carbocycles. The molecular weight excluding hydrogens is 480 g/mol. The Balaban J connectivity index is 1.24. The lowest BCUT2D eigenvalue weighted by Gasteiger charge is -2.34. The summed E-state index contributed by atoms with van der Waals surface area (Å²) in [6.07, 6.45) is 11.8. The van der Waals surface area contributed by atoms with Crippen LogP contribution in [0.5, 0.6) is 0 Å². The fourth-order valence-electron chi connectivity index (χ4n) is 6.05. The quantitative estimate of drug-likeness (QED) is 0.437. The summed E-state index contributed by atoms with van der Waals surface area (Å²) in [5.41, 5.74) is 7.18. The molecule has 9 heteroatoms. The number of carbonyl (C=O) groups excluding carboxylic acids is 3. The van der Waals surface area contributed by atoms with Crippen LogP contribution in [0.1, 0.15) is 69.5 Å². The van der Waals surface area contributed by atoms with Gasteiger partial charge in [0.25, 0.3) is 0 Å². The van der Waals surface area contributed by atoms with Crippen LogP contribution >= 0.6 is 0 Å². The molecule has 9 nitrogen and oxygen atoms in total. The molecule has 4 N–H and O–H groups in total.